The molecule has 4 rings (SSSR count). The fourth-order valence-electron chi connectivity index (χ4n) is 4.36. The summed E-state index contributed by atoms with van der Waals surface area (Å²) >= 11 is 0. The molecule has 1 unspecified atom stereocenters. The summed E-state index contributed by atoms with van der Waals surface area (Å²) in [6, 6.07) is 3.72. The number of aliphatic hydroxyl groups excluding tert-OH is 1. The average Bonchev–Trinajstić information content (AvgIpc) is 3.01. The minimum Gasteiger partial charge on any atom is -0.423 e. The molecule has 25 heavy (non-hydrogen) atoms. The van der Waals surface area contributed by atoms with Crippen molar-refractivity contribution in [1.82, 2.24) is 9.55 Å². The number of hydrogen-bond donors (Lipinski definition) is 3. The lowest BCUT2D eigenvalue weighted by Gasteiger charge is -2.36. The number of fused-ring (bicyclic) bond motifs is 3. The third-order valence-corrected chi connectivity index (χ3v) is 5.54. The Labute approximate surface area is 147 Å². The van der Waals surface area contributed by atoms with Gasteiger partial charge in [-0.3, -0.25) is 0 Å². The molecule has 2 aliphatic rings. The predicted molar refractivity (Wildman–Crippen MR) is 96.7 cm³/mol. The smallest absolute Gasteiger partial charge is 0.423 e. The van der Waals surface area contributed by atoms with Gasteiger partial charge in [-0.05, 0) is 53.9 Å². The van der Waals surface area contributed by atoms with E-state index in [4.69, 9.17) is 0 Å². The SMILES string of the molecule is Cc1c(B(O)O)ccnc1N1CCn2c(cc3c2CC(C)(C)C3)C1O. The van der Waals surface area contributed by atoms with E-state index in [1.54, 1.807) is 19.2 Å². The van der Waals surface area contributed by atoms with Crippen LogP contribution in [0.15, 0.2) is 18.3 Å². The summed E-state index contributed by atoms with van der Waals surface area (Å²) < 4.78 is 2.26. The summed E-state index contributed by atoms with van der Waals surface area (Å²) in [6.45, 7) is 7.80. The first-order valence-electron chi connectivity index (χ1n) is 8.76. The summed E-state index contributed by atoms with van der Waals surface area (Å²) in [5.41, 5.74) is 4.99. The van der Waals surface area contributed by atoms with E-state index >= 15 is 0 Å². The van der Waals surface area contributed by atoms with Crippen LogP contribution >= 0.6 is 0 Å². The minimum atomic E-state index is -1.54. The number of pyridine rings is 1. The van der Waals surface area contributed by atoms with Gasteiger partial charge < -0.3 is 24.6 Å². The van der Waals surface area contributed by atoms with Gasteiger partial charge in [0.25, 0.3) is 0 Å². The van der Waals surface area contributed by atoms with Crippen molar-refractivity contribution in [3.05, 3.63) is 40.8 Å². The first-order chi connectivity index (χ1) is 11.8. The lowest BCUT2D eigenvalue weighted by Crippen LogP contribution is -2.41. The summed E-state index contributed by atoms with van der Waals surface area (Å²) in [7, 11) is -1.54. The third-order valence-electron chi connectivity index (χ3n) is 5.54. The van der Waals surface area contributed by atoms with E-state index in [2.05, 4.69) is 29.5 Å². The van der Waals surface area contributed by atoms with Crippen molar-refractivity contribution in [2.45, 2.75) is 46.4 Å². The quantitative estimate of drug-likeness (QED) is 0.694. The van der Waals surface area contributed by atoms with Gasteiger partial charge in [-0.25, -0.2) is 4.98 Å². The van der Waals surface area contributed by atoms with Gasteiger partial charge in [-0.15, -0.1) is 0 Å². The first kappa shape index (κ1) is 16.6. The normalized spacial score (nSPS) is 21.2. The van der Waals surface area contributed by atoms with Crippen LogP contribution in [-0.4, -0.2) is 38.4 Å². The Morgan fingerprint density at radius 3 is 2.72 bits per heavy atom. The fourth-order valence-corrected chi connectivity index (χ4v) is 4.36. The molecule has 6 nitrogen and oxygen atoms in total. The van der Waals surface area contributed by atoms with Gasteiger partial charge in [0.2, 0.25) is 0 Å². The number of nitrogens with zero attached hydrogens (tertiary/aromatic N) is 3. The van der Waals surface area contributed by atoms with Crippen molar-refractivity contribution in [1.29, 1.82) is 0 Å². The highest BCUT2D eigenvalue weighted by atomic mass is 16.4. The topological polar surface area (TPSA) is 81.8 Å². The Morgan fingerprint density at radius 1 is 1.24 bits per heavy atom. The van der Waals surface area contributed by atoms with Crippen molar-refractivity contribution in [2.75, 3.05) is 11.4 Å². The molecule has 0 spiro atoms. The van der Waals surface area contributed by atoms with Gasteiger partial charge in [0.15, 0.2) is 6.23 Å². The molecule has 0 saturated carbocycles. The largest absolute Gasteiger partial charge is 0.488 e. The van der Waals surface area contributed by atoms with Crippen LogP contribution in [0.4, 0.5) is 5.82 Å². The second-order valence-electron chi connectivity index (χ2n) is 8.00. The maximum atomic E-state index is 11.0. The molecule has 0 amide bonds. The van der Waals surface area contributed by atoms with Crippen LogP contribution in [-0.2, 0) is 19.4 Å². The molecule has 3 N–H and O–H groups in total. The maximum Gasteiger partial charge on any atom is 0.488 e. The fraction of sp³-hybridized carbons (Fsp3) is 0.500. The number of aromatic nitrogens is 2. The molecule has 0 bridgehead atoms. The zero-order valence-electron chi connectivity index (χ0n) is 14.9. The predicted octanol–water partition coefficient (Wildman–Crippen LogP) is 0.507. The van der Waals surface area contributed by atoms with E-state index in [-0.39, 0.29) is 0 Å². The Morgan fingerprint density at radius 2 is 2.00 bits per heavy atom. The molecule has 0 saturated heterocycles. The lowest BCUT2D eigenvalue weighted by atomic mass is 9.78. The highest BCUT2D eigenvalue weighted by molar-refractivity contribution is 6.59. The van der Waals surface area contributed by atoms with Gasteiger partial charge in [-0.1, -0.05) is 13.8 Å². The molecule has 1 aliphatic heterocycles. The molecule has 132 valence electrons. The van der Waals surface area contributed by atoms with E-state index in [1.165, 1.54) is 11.3 Å². The summed E-state index contributed by atoms with van der Waals surface area (Å²) in [4.78, 5) is 6.23. The molecule has 0 radical (unpaired) electrons. The second-order valence-corrected chi connectivity index (χ2v) is 8.00. The van der Waals surface area contributed by atoms with Crippen molar-refractivity contribution in [3.8, 4) is 0 Å². The van der Waals surface area contributed by atoms with Crippen molar-refractivity contribution >= 4 is 18.4 Å². The van der Waals surface area contributed by atoms with Crippen LogP contribution < -0.4 is 10.4 Å². The zero-order chi connectivity index (χ0) is 17.9. The summed E-state index contributed by atoms with van der Waals surface area (Å²) in [6.07, 6.45) is 2.86. The molecule has 7 heteroatoms. The van der Waals surface area contributed by atoms with Crippen LogP contribution in [0.25, 0.3) is 0 Å². The van der Waals surface area contributed by atoms with Gasteiger partial charge in [0, 0.05) is 25.0 Å². The van der Waals surface area contributed by atoms with Crippen molar-refractivity contribution < 1.29 is 15.2 Å². The number of hydrogen-bond acceptors (Lipinski definition) is 5. The second kappa shape index (κ2) is 5.59. The van der Waals surface area contributed by atoms with E-state index in [0.717, 1.165) is 25.1 Å². The lowest BCUT2D eigenvalue weighted by molar-refractivity contribution is 0.146. The molecule has 1 atom stereocenters. The van der Waals surface area contributed by atoms with Gasteiger partial charge in [-0.2, -0.15) is 0 Å². The van der Waals surface area contributed by atoms with E-state index in [9.17, 15) is 15.2 Å². The average molecular weight is 341 g/mol. The van der Waals surface area contributed by atoms with Gasteiger partial charge in [0.1, 0.15) is 5.82 Å². The molecule has 3 heterocycles. The number of anilines is 1. The van der Waals surface area contributed by atoms with Crippen LogP contribution in [0.5, 0.6) is 0 Å². The molecule has 0 fully saturated rings. The minimum absolute atomic E-state index is 0.290. The van der Waals surface area contributed by atoms with Gasteiger partial charge in [0.05, 0.1) is 5.69 Å². The zero-order valence-corrected chi connectivity index (χ0v) is 14.9. The Kier molecular flexibility index (Phi) is 3.72. The monoisotopic (exact) mass is 341 g/mol. The third kappa shape index (κ3) is 2.58. The first-order valence-corrected chi connectivity index (χ1v) is 8.76. The summed E-state index contributed by atoms with van der Waals surface area (Å²) in [5, 5.41) is 30.0. The molecule has 2 aromatic rings. The molecule has 1 aliphatic carbocycles. The molecule has 2 aromatic heterocycles. The van der Waals surface area contributed by atoms with E-state index in [1.807, 2.05) is 4.90 Å². The van der Waals surface area contributed by atoms with Crippen LogP contribution in [0.2, 0.25) is 0 Å². The molecular formula is C18H24BN3O3. The highest BCUT2D eigenvalue weighted by Gasteiger charge is 2.37. The van der Waals surface area contributed by atoms with E-state index < -0.39 is 13.3 Å². The van der Waals surface area contributed by atoms with Crippen LogP contribution in [0.3, 0.4) is 0 Å². The maximum absolute atomic E-state index is 11.0. The molecule has 0 aromatic carbocycles. The number of rotatable bonds is 2. The van der Waals surface area contributed by atoms with Crippen molar-refractivity contribution in [3.63, 3.8) is 0 Å². The Bertz CT molecular complexity index is 831. The van der Waals surface area contributed by atoms with E-state index in [0.29, 0.717) is 28.8 Å². The van der Waals surface area contributed by atoms with Crippen molar-refractivity contribution in [2.24, 2.45) is 5.41 Å². The summed E-state index contributed by atoms with van der Waals surface area (Å²) in [5.74, 6) is 0.603. The van der Waals surface area contributed by atoms with Crippen LogP contribution in [0, 0.1) is 12.3 Å². The Balaban J connectivity index is 1.70. The Hall–Kier alpha value is -1.83. The van der Waals surface area contributed by atoms with Gasteiger partial charge >= 0.3 is 7.12 Å². The highest BCUT2D eigenvalue weighted by Crippen LogP contribution is 2.41. The molecular weight excluding hydrogens is 317 g/mol. The standard InChI is InChI=1S/C18H24BN3O3/c1-11-13(19(24)25)4-5-20-16(11)22-7-6-21-14(17(22)23)8-12-9-18(2,3)10-15(12)21/h4-5,8,17,23-25H,6-7,9-10H2,1-3H3. The van der Waals surface area contributed by atoms with Crippen LogP contribution in [0.1, 0.15) is 42.6 Å². The number of aliphatic hydroxyl groups is 1.